The zero-order valence-corrected chi connectivity index (χ0v) is 8.76. The lowest BCUT2D eigenvalue weighted by molar-refractivity contribution is -0.117. The highest BCUT2D eigenvalue weighted by atomic mass is 16.1. The summed E-state index contributed by atoms with van der Waals surface area (Å²) in [5.74, 6) is 0.285. The second-order valence-electron chi connectivity index (χ2n) is 3.40. The highest BCUT2D eigenvalue weighted by molar-refractivity contribution is 5.75. The maximum Gasteiger partial charge on any atom is 0.131 e. The Kier molecular flexibility index (Phi) is 5.99. The molecule has 0 aliphatic rings. The van der Waals surface area contributed by atoms with Gasteiger partial charge in [-0.15, -0.1) is 0 Å². The second-order valence-corrected chi connectivity index (χ2v) is 3.40. The first-order valence-corrected chi connectivity index (χ1v) is 4.81. The second kappa shape index (κ2) is 6.18. The quantitative estimate of drug-likeness (QED) is 0.610. The first kappa shape index (κ1) is 11.6. The monoisotopic (exact) mass is 171 g/mol. The lowest BCUT2D eigenvalue weighted by Crippen LogP contribution is -2.32. The van der Waals surface area contributed by atoms with E-state index in [4.69, 9.17) is 0 Å². The van der Waals surface area contributed by atoms with Crippen LogP contribution in [0.25, 0.3) is 0 Å². The summed E-state index contributed by atoms with van der Waals surface area (Å²) >= 11 is 0. The molecule has 0 amide bonds. The minimum absolute atomic E-state index is 0.285. The summed E-state index contributed by atoms with van der Waals surface area (Å²) < 4.78 is 0. The van der Waals surface area contributed by atoms with Crippen LogP contribution in [0.4, 0.5) is 0 Å². The predicted octanol–water partition coefficient (Wildman–Crippen LogP) is 2.09. The first-order chi connectivity index (χ1) is 5.61. The molecule has 0 aliphatic carbocycles. The number of carbonyl (C=O) groups is 1. The molecule has 0 aromatic rings. The third-order valence-corrected chi connectivity index (χ3v) is 2.38. The molecule has 0 saturated heterocycles. The van der Waals surface area contributed by atoms with Gasteiger partial charge in [-0.2, -0.15) is 0 Å². The van der Waals surface area contributed by atoms with Gasteiger partial charge in [0.1, 0.15) is 5.78 Å². The molecule has 0 saturated carbocycles. The molecule has 0 rings (SSSR count). The average Bonchev–Trinajstić information content (AvgIpc) is 2.03. The van der Waals surface area contributed by atoms with E-state index >= 15 is 0 Å². The molecule has 2 heteroatoms. The van der Waals surface area contributed by atoms with E-state index in [0.717, 1.165) is 6.54 Å². The van der Waals surface area contributed by atoms with Crippen molar-refractivity contribution in [1.29, 1.82) is 0 Å². The van der Waals surface area contributed by atoms with Crippen molar-refractivity contribution in [2.45, 2.75) is 46.1 Å². The van der Waals surface area contributed by atoms with E-state index in [2.05, 4.69) is 25.8 Å². The number of hydrogen-bond donors (Lipinski definition) is 0. The molecule has 12 heavy (non-hydrogen) atoms. The highest BCUT2D eigenvalue weighted by Crippen LogP contribution is 2.06. The van der Waals surface area contributed by atoms with Crippen molar-refractivity contribution in [2.24, 2.45) is 0 Å². The van der Waals surface area contributed by atoms with Crippen LogP contribution in [0.15, 0.2) is 0 Å². The van der Waals surface area contributed by atoms with Gasteiger partial charge < -0.3 is 4.90 Å². The molecular formula is C10H21NO. The normalized spacial score (nSPS) is 11.2. The van der Waals surface area contributed by atoms with E-state index < -0.39 is 0 Å². The number of rotatable bonds is 6. The molecule has 0 heterocycles. The Labute approximate surface area is 75.9 Å². The third kappa shape index (κ3) is 4.50. The topological polar surface area (TPSA) is 20.3 Å². The largest absolute Gasteiger partial charge is 0.303 e. The Bertz CT molecular complexity index is 130. The van der Waals surface area contributed by atoms with E-state index in [0.29, 0.717) is 12.5 Å². The summed E-state index contributed by atoms with van der Waals surface area (Å²) in [4.78, 5) is 13.0. The highest BCUT2D eigenvalue weighted by Gasteiger charge is 2.09. The Morgan fingerprint density at radius 1 is 1.33 bits per heavy atom. The van der Waals surface area contributed by atoms with Gasteiger partial charge in [-0.25, -0.2) is 0 Å². The first-order valence-electron chi connectivity index (χ1n) is 4.81. The molecule has 0 unspecified atom stereocenters. The van der Waals surface area contributed by atoms with Crippen LogP contribution < -0.4 is 0 Å². The maximum atomic E-state index is 10.7. The van der Waals surface area contributed by atoms with Crippen molar-refractivity contribution in [3.05, 3.63) is 0 Å². The van der Waals surface area contributed by atoms with E-state index in [1.165, 1.54) is 12.8 Å². The molecule has 0 N–H and O–H groups in total. The Balaban J connectivity index is 3.68. The van der Waals surface area contributed by atoms with Gasteiger partial charge in [-0.05, 0) is 26.8 Å². The molecule has 0 atom stereocenters. The molecule has 0 aromatic heterocycles. The third-order valence-electron chi connectivity index (χ3n) is 2.38. The molecule has 0 spiro atoms. The molecule has 72 valence electrons. The minimum atomic E-state index is 0.285. The van der Waals surface area contributed by atoms with Gasteiger partial charge in [0, 0.05) is 19.0 Å². The molecule has 2 nitrogen and oxygen atoms in total. The molecule has 0 fully saturated rings. The van der Waals surface area contributed by atoms with Crippen molar-refractivity contribution in [1.82, 2.24) is 4.90 Å². The number of ketones is 1. The maximum absolute atomic E-state index is 10.7. The van der Waals surface area contributed by atoms with Crippen LogP contribution in [0.1, 0.15) is 40.0 Å². The Morgan fingerprint density at radius 2 is 1.83 bits per heavy atom. The van der Waals surface area contributed by atoms with Crippen molar-refractivity contribution in [3.63, 3.8) is 0 Å². The van der Waals surface area contributed by atoms with Crippen molar-refractivity contribution in [2.75, 3.05) is 13.6 Å². The predicted molar refractivity (Wildman–Crippen MR) is 52.3 cm³/mol. The van der Waals surface area contributed by atoms with Crippen LogP contribution in [0.2, 0.25) is 0 Å². The summed E-state index contributed by atoms with van der Waals surface area (Å²) in [6, 6.07) is 0.643. The van der Waals surface area contributed by atoms with Crippen LogP contribution in [-0.4, -0.2) is 30.3 Å². The summed E-state index contributed by atoms with van der Waals surface area (Å²) in [6.45, 7) is 6.94. The molecular weight excluding hydrogens is 150 g/mol. The summed E-state index contributed by atoms with van der Waals surface area (Å²) in [5.41, 5.74) is 0. The van der Waals surface area contributed by atoms with Crippen LogP contribution >= 0.6 is 0 Å². The summed E-state index contributed by atoms with van der Waals surface area (Å²) in [7, 11) is 2.10. The van der Waals surface area contributed by atoms with Gasteiger partial charge >= 0.3 is 0 Å². The van der Waals surface area contributed by atoms with E-state index in [1.54, 1.807) is 6.92 Å². The lowest BCUT2D eigenvalue weighted by Gasteiger charge is -2.25. The number of hydrogen-bond acceptors (Lipinski definition) is 2. The number of Topliss-reactive ketones (excluding diaryl/α,β-unsaturated/α-hetero) is 1. The lowest BCUT2D eigenvalue weighted by atomic mass is 10.1. The fourth-order valence-corrected chi connectivity index (χ4v) is 1.43. The zero-order chi connectivity index (χ0) is 9.56. The molecule has 0 aliphatic heterocycles. The van der Waals surface area contributed by atoms with Crippen LogP contribution in [-0.2, 0) is 4.79 Å². The zero-order valence-electron chi connectivity index (χ0n) is 8.76. The van der Waals surface area contributed by atoms with Crippen LogP contribution in [0.3, 0.4) is 0 Å². The van der Waals surface area contributed by atoms with Gasteiger partial charge in [-0.1, -0.05) is 13.8 Å². The van der Waals surface area contributed by atoms with Crippen LogP contribution in [0.5, 0.6) is 0 Å². The standard InChI is InChI=1S/C10H21NO/c1-5-10(6-2)11(4)8-7-9(3)12/h10H,5-8H2,1-4H3. The summed E-state index contributed by atoms with van der Waals surface area (Å²) in [5, 5.41) is 0. The molecule has 0 radical (unpaired) electrons. The van der Waals surface area contributed by atoms with Gasteiger partial charge in [0.25, 0.3) is 0 Å². The fourth-order valence-electron chi connectivity index (χ4n) is 1.43. The Hall–Kier alpha value is -0.370. The molecule has 0 aromatic carbocycles. The van der Waals surface area contributed by atoms with Gasteiger partial charge in [0.15, 0.2) is 0 Å². The number of nitrogens with zero attached hydrogens (tertiary/aromatic N) is 1. The van der Waals surface area contributed by atoms with E-state index in [9.17, 15) is 4.79 Å². The summed E-state index contributed by atoms with van der Waals surface area (Å²) in [6.07, 6.45) is 3.03. The number of carbonyl (C=O) groups excluding carboxylic acids is 1. The van der Waals surface area contributed by atoms with Crippen molar-refractivity contribution in [3.8, 4) is 0 Å². The average molecular weight is 171 g/mol. The van der Waals surface area contributed by atoms with Crippen molar-refractivity contribution >= 4 is 5.78 Å². The molecule has 0 bridgehead atoms. The minimum Gasteiger partial charge on any atom is -0.303 e. The van der Waals surface area contributed by atoms with Crippen LogP contribution in [0, 0.1) is 0 Å². The Morgan fingerprint density at radius 3 is 2.17 bits per heavy atom. The van der Waals surface area contributed by atoms with Crippen molar-refractivity contribution < 1.29 is 4.79 Å². The van der Waals surface area contributed by atoms with E-state index in [-0.39, 0.29) is 5.78 Å². The fraction of sp³-hybridized carbons (Fsp3) is 0.900. The van der Waals surface area contributed by atoms with Gasteiger partial charge in [-0.3, -0.25) is 4.79 Å². The SMILES string of the molecule is CCC(CC)N(C)CCC(C)=O. The smallest absolute Gasteiger partial charge is 0.131 e. The van der Waals surface area contributed by atoms with E-state index in [1.807, 2.05) is 0 Å². The van der Waals surface area contributed by atoms with Gasteiger partial charge in [0.2, 0.25) is 0 Å². The van der Waals surface area contributed by atoms with Gasteiger partial charge in [0.05, 0.1) is 0 Å².